The van der Waals surface area contributed by atoms with E-state index in [0.29, 0.717) is 28.0 Å². The molecular formula is C16H13N5O3. The molecule has 1 aliphatic rings. The minimum atomic E-state index is -0.806. The molecule has 24 heavy (non-hydrogen) atoms. The Kier molecular flexibility index (Phi) is 3.34. The summed E-state index contributed by atoms with van der Waals surface area (Å²) in [6.07, 6.45) is 3.03. The average Bonchev–Trinajstić information content (AvgIpc) is 3.02. The lowest BCUT2D eigenvalue weighted by Gasteiger charge is -2.15. The van der Waals surface area contributed by atoms with Gasteiger partial charge in [-0.05, 0) is 18.2 Å². The predicted octanol–water partition coefficient (Wildman–Crippen LogP) is 1.09. The SMILES string of the molecule is O=C(N[C@H]1COc2ccccc2NC1=O)c1ccnc2[nH]ncc12. The number of amides is 2. The zero-order chi connectivity index (χ0) is 16.5. The summed E-state index contributed by atoms with van der Waals surface area (Å²) in [5.41, 5.74) is 1.49. The fourth-order valence-electron chi connectivity index (χ4n) is 2.56. The molecule has 3 aromatic rings. The zero-order valence-electron chi connectivity index (χ0n) is 12.4. The van der Waals surface area contributed by atoms with Crippen molar-refractivity contribution in [3.8, 4) is 5.75 Å². The maximum atomic E-state index is 12.5. The molecule has 8 heteroatoms. The van der Waals surface area contributed by atoms with Crippen LogP contribution >= 0.6 is 0 Å². The number of para-hydroxylation sites is 2. The quantitative estimate of drug-likeness (QED) is 0.654. The molecule has 0 saturated heterocycles. The highest BCUT2D eigenvalue weighted by Crippen LogP contribution is 2.26. The van der Waals surface area contributed by atoms with Crippen molar-refractivity contribution >= 4 is 28.5 Å². The highest BCUT2D eigenvalue weighted by molar-refractivity contribution is 6.07. The van der Waals surface area contributed by atoms with E-state index >= 15 is 0 Å². The van der Waals surface area contributed by atoms with E-state index in [1.165, 1.54) is 12.4 Å². The smallest absolute Gasteiger partial charge is 0.252 e. The van der Waals surface area contributed by atoms with Crippen LogP contribution in [-0.2, 0) is 4.79 Å². The number of nitrogens with zero attached hydrogens (tertiary/aromatic N) is 2. The van der Waals surface area contributed by atoms with Gasteiger partial charge in [-0.15, -0.1) is 0 Å². The van der Waals surface area contributed by atoms with E-state index in [4.69, 9.17) is 4.74 Å². The van der Waals surface area contributed by atoms with Crippen molar-refractivity contribution < 1.29 is 14.3 Å². The average molecular weight is 323 g/mol. The molecule has 8 nitrogen and oxygen atoms in total. The van der Waals surface area contributed by atoms with Gasteiger partial charge < -0.3 is 15.4 Å². The summed E-state index contributed by atoms with van der Waals surface area (Å²) in [5.74, 6) is -0.145. The van der Waals surface area contributed by atoms with Gasteiger partial charge in [-0.1, -0.05) is 12.1 Å². The normalized spacial score (nSPS) is 16.7. The number of H-pyrrole nitrogens is 1. The second kappa shape index (κ2) is 5.65. The van der Waals surface area contributed by atoms with Gasteiger partial charge in [-0.3, -0.25) is 14.7 Å². The number of aromatic amines is 1. The van der Waals surface area contributed by atoms with Gasteiger partial charge in [0, 0.05) is 6.20 Å². The van der Waals surface area contributed by atoms with E-state index in [9.17, 15) is 9.59 Å². The summed E-state index contributed by atoms with van der Waals surface area (Å²) in [6.45, 7) is 0.0498. The molecule has 3 N–H and O–H groups in total. The van der Waals surface area contributed by atoms with Crippen molar-refractivity contribution in [2.24, 2.45) is 0 Å². The number of anilines is 1. The molecule has 0 aliphatic carbocycles. The van der Waals surface area contributed by atoms with Gasteiger partial charge in [-0.2, -0.15) is 5.10 Å². The van der Waals surface area contributed by atoms with E-state index in [2.05, 4.69) is 25.8 Å². The maximum absolute atomic E-state index is 12.5. The van der Waals surface area contributed by atoms with Crippen molar-refractivity contribution in [2.75, 3.05) is 11.9 Å². The fourth-order valence-corrected chi connectivity index (χ4v) is 2.56. The Labute approximate surface area is 136 Å². The number of hydrogen-bond donors (Lipinski definition) is 3. The van der Waals surface area contributed by atoms with E-state index in [1.54, 1.807) is 24.3 Å². The number of carbonyl (C=O) groups excluding carboxylic acids is 2. The van der Waals surface area contributed by atoms with Crippen molar-refractivity contribution in [2.45, 2.75) is 6.04 Å². The Hall–Kier alpha value is -3.42. The van der Waals surface area contributed by atoms with E-state index in [1.807, 2.05) is 6.07 Å². The van der Waals surface area contributed by atoms with Crippen molar-refractivity contribution in [3.05, 3.63) is 48.3 Å². The molecular weight excluding hydrogens is 310 g/mol. The van der Waals surface area contributed by atoms with E-state index in [-0.39, 0.29) is 12.5 Å². The molecule has 0 saturated carbocycles. The fraction of sp³-hybridized carbons (Fsp3) is 0.125. The van der Waals surface area contributed by atoms with Gasteiger partial charge in [0.05, 0.1) is 22.8 Å². The van der Waals surface area contributed by atoms with Gasteiger partial charge in [0.1, 0.15) is 18.4 Å². The number of ether oxygens (including phenoxy) is 1. The molecule has 0 unspecified atom stereocenters. The van der Waals surface area contributed by atoms with Crippen LogP contribution in [0.1, 0.15) is 10.4 Å². The Balaban J connectivity index is 1.56. The number of rotatable bonds is 2. The summed E-state index contributed by atoms with van der Waals surface area (Å²) in [5, 5.41) is 12.6. The number of aromatic nitrogens is 3. The summed E-state index contributed by atoms with van der Waals surface area (Å²) in [6, 6.07) is 7.90. The van der Waals surface area contributed by atoms with Crippen LogP contribution < -0.4 is 15.4 Å². The largest absolute Gasteiger partial charge is 0.489 e. The predicted molar refractivity (Wildman–Crippen MR) is 85.7 cm³/mol. The number of carbonyl (C=O) groups is 2. The Bertz CT molecular complexity index is 936. The number of benzene rings is 1. The van der Waals surface area contributed by atoms with Crippen LogP contribution in [0.2, 0.25) is 0 Å². The first kappa shape index (κ1) is 14.2. The standard InChI is InChI=1S/C16H13N5O3/c22-15(9-5-6-17-14-10(9)7-18-21-14)20-12-8-24-13-4-2-1-3-11(13)19-16(12)23/h1-7,12H,8H2,(H,19,23)(H,20,22)(H,17,18,21)/t12-/m0/s1. The molecule has 0 fully saturated rings. The molecule has 0 bridgehead atoms. The van der Waals surface area contributed by atoms with Crippen LogP contribution in [-0.4, -0.2) is 39.6 Å². The van der Waals surface area contributed by atoms with Crippen LogP contribution in [0.3, 0.4) is 0 Å². The van der Waals surface area contributed by atoms with Crippen molar-refractivity contribution in [1.29, 1.82) is 0 Å². The Morgan fingerprint density at radius 2 is 2.17 bits per heavy atom. The van der Waals surface area contributed by atoms with Crippen molar-refractivity contribution in [1.82, 2.24) is 20.5 Å². The van der Waals surface area contributed by atoms with Gasteiger partial charge in [0.2, 0.25) is 0 Å². The lowest BCUT2D eigenvalue weighted by Crippen LogP contribution is -2.46. The van der Waals surface area contributed by atoms with E-state index < -0.39 is 11.9 Å². The maximum Gasteiger partial charge on any atom is 0.252 e. The molecule has 0 spiro atoms. The second-order valence-corrected chi connectivity index (χ2v) is 5.31. The van der Waals surface area contributed by atoms with Gasteiger partial charge >= 0.3 is 0 Å². The lowest BCUT2D eigenvalue weighted by molar-refractivity contribution is -0.118. The molecule has 4 rings (SSSR count). The molecule has 1 aromatic carbocycles. The molecule has 1 atom stereocenters. The first-order chi connectivity index (χ1) is 11.7. The molecule has 2 amide bonds. The summed E-state index contributed by atoms with van der Waals surface area (Å²) >= 11 is 0. The minimum Gasteiger partial charge on any atom is -0.489 e. The van der Waals surface area contributed by atoms with Crippen LogP contribution in [0.15, 0.2) is 42.7 Å². The third-order valence-corrected chi connectivity index (χ3v) is 3.77. The van der Waals surface area contributed by atoms with Gasteiger partial charge in [0.25, 0.3) is 11.8 Å². The highest BCUT2D eigenvalue weighted by atomic mass is 16.5. The third kappa shape index (κ3) is 2.43. The van der Waals surface area contributed by atoms with E-state index in [0.717, 1.165) is 0 Å². The molecule has 1 aliphatic heterocycles. The molecule has 0 radical (unpaired) electrons. The molecule has 3 heterocycles. The zero-order valence-corrected chi connectivity index (χ0v) is 12.4. The Morgan fingerprint density at radius 3 is 3.08 bits per heavy atom. The first-order valence-electron chi connectivity index (χ1n) is 7.34. The molecule has 120 valence electrons. The van der Waals surface area contributed by atoms with Gasteiger partial charge in [0.15, 0.2) is 5.65 Å². The number of fused-ring (bicyclic) bond motifs is 2. The van der Waals surface area contributed by atoms with Crippen LogP contribution in [0.4, 0.5) is 5.69 Å². The second-order valence-electron chi connectivity index (χ2n) is 5.31. The topological polar surface area (TPSA) is 109 Å². The summed E-state index contributed by atoms with van der Waals surface area (Å²) in [7, 11) is 0. The van der Waals surface area contributed by atoms with Crippen LogP contribution in [0, 0.1) is 0 Å². The van der Waals surface area contributed by atoms with Gasteiger partial charge in [-0.25, -0.2) is 4.98 Å². The highest BCUT2D eigenvalue weighted by Gasteiger charge is 2.27. The molecule has 2 aromatic heterocycles. The Morgan fingerprint density at radius 1 is 1.29 bits per heavy atom. The van der Waals surface area contributed by atoms with Crippen molar-refractivity contribution in [3.63, 3.8) is 0 Å². The number of nitrogens with one attached hydrogen (secondary N) is 3. The summed E-state index contributed by atoms with van der Waals surface area (Å²) < 4.78 is 5.61. The number of hydrogen-bond acceptors (Lipinski definition) is 5. The minimum absolute atomic E-state index is 0.0498. The summed E-state index contributed by atoms with van der Waals surface area (Å²) in [4.78, 5) is 28.9. The monoisotopic (exact) mass is 323 g/mol. The first-order valence-corrected chi connectivity index (χ1v) is 7.34. The third-order valence-electron chi connectivity index (χ3n) is 3.77. The number of pyridine rings is 1. The lowest BCUT2D eigenvalue weighted by atomic mass is 10.1. The van der Waals surface area contributed by atoms with Crippen LogP contribution in [0.25, 0.3) is 11.0 Å². The van der Waals surface area contributed by atoms with Crippen LogP contribution in [0.5, 0.6) is 5.75 Å².